The van der Waals surface area contributed by atoms with Gasteiger partial charge in [0.15, 0.2) is 0 Å². The summed E-state index contributed by atoms with van der Waals surface area (Å²) >= 11 is 0. The first-order valence-electron chi connectivity index (χ1n) is 6.03. The average molecular weight is 245 g/mol. The second-order valence-corrected chi connectivity index (χ2v) is 6.43. The minimum absolute atomic E-state index is 0.290. The molecular formula is C11H19NO3S. The van der Waals surface area contributed by atoms with Gasteiger partial charge in [0.2, 0.25) is 0 Å². The van der Waals surface area contributed by atoms with E-state index in [2.05, 4.69) is 4.72 Å². The van der Waals surface area contributed by atoms with Gasteiger partial charge in [-0.2, -0.15) is 0 Å². The fraction of sp³-hybridized carbons (Fsp3) is 0.909. The van der Waals surface area contributed by atoms with Gasteiger partial charge in [-0.1, -0.05) is 0 Å². The van der Waals surface area contributed by atoms with Crippen molar-refractivity contribution in [1.29, 1.82) is 0 Å². The van der Waals surface area contributed by atoms with E-state index in [0.29, 0.717) is 23.6 Å². The zero-order valence-electron chi connectivity index (χ0n) is 9.35. The van der Waals surface area contributed by atoms with Crippen LogP contribution in [0.15, 0.2) is 0 Å². The van der Waals surface area contributed by atoms with Gasteiger partial charge in [-0.25, -0.2) is 8.93 Å². The van der Waals surface area contributed by atoms with E-state index in [4.69, 9.17) is 5.11 Å². The highest BCUT2D eigenvalue weighted by Crippen LogP contribution is 2.29. The third-order valence-corrected chi connectivity index (χ3v) is 5.06. The number of rotatable bonds is 5. The topological polar surface area (TPSA) is 66.4 Å². The normalized spacial score (nSPS) is 32.2. The van der Waals surface area contributed by atoms with Crippen molar-refractivity contribution in [2.24, 2.45) is 5.92 Å². The first kappa shape index (κ1) is 12.0. The first-order chi connectivity index (χ1) is 7.65. The molecule has 0 bridgehead atoms. The van der Waals surface area contributed by atoms with Crippen LogP contribution >= 0.6 is 0 Å². The van der Waals surface area contributed by atoms with Gasteiger partial charge >= 0.3 is 5.97 Å². The third kappa shape index (κ3) is 3.56. The number of carboxylic acid groups (broad SMARTS) is 1. The Kier molecular flexibility index (Phi) is 3.97. The lowest BCUT2D eigenvalue weighted by Crippen LogP contribution is -2.36. The molecular weight excluding hydrogens is 226 g/mol. The molecule has 4 nitrogen and oxygen atoms in total. The number of carbonyl (C=O) groups is 1. The molecule has 2 fully saturated rings. The van der Waals surface area contributed by atoms with Crippen molar-refractivity contribution in [1.82, 2.24) is 4.72 Å². The summed E-state index contributed by atoms with van der Waals surface area (Å²) in [7, 11) is -0.846. The molecule has 0 saturated heterocycles. The Hall–Kier alpha value is -0.420. The van der Waals surface area contributed by atoms with E-state index in [1.54, 1.807) is 0 Å². The molecule has 5 heteroatoms. The predicted molar refractivity (Wildman–Crippen MR) is 62.3 cm³/mol. The summed E-state index contributed by atoms with van der Waals surface area (Å²) in [5, 5.41) is 9.08. The highest BCUT2D eigenvalue weighted by atomic mass is 32.2. The molecule has 2 aliphatic rings. The van der Waals surface area contributed by atoms with E-state index >= 15 is 0 Å². The average Bonchev–Trinajstić information content (AvgIpc) is 3.03. The van der Waals surface area contributed by atoms with Crippen LogP contribution in [0.5, 0.6) is 0 Å². The van der Waals surface area contributed by atoms with Crippen LogP contribution in [0.4, 0.5) is 0 Å². The molecule has 2 aliphatic carbocycles. The van der Waals surface area contributed by atoms with Gasteiger partial charge in [0.05, 0.1) is 11.0 Å². The third-order valence-electron chi connectivity index (χ3n) is 3.42. The molecule has 92 valence electrons. The van der Waals surface area contributed by atoms with E-state index in [0.717, 1.165) is 38.5 Å². The smallest absolute Gasteiger partial charge is 0.303 e. The van der Waals surface area contributed by atoms with Gasteiger partial charge in [0, 0.05) is 17.7 Å². The quantitative estimate of drug-likeness (QED) is 0.770. The van der Waals surface area contributed by atoms with Gasteiger partial charge in [0.25, 0.3) is 0 Å². The molecule has 1 atom stereocenters. The Morgan fingerprint density at radius 1 is 1.19 bits per heavy atom. The van der Waals surface area contributed by atoms with Crippen LogP contribution in [0, 0.1) is 5.92 Å². The summed E-state index contributed by atoms with van der Waals surface area (Å²) in [4.78, 5) is 10.6. The van der Waals surface area contributed by atoms with E-state index in [-0.39, 0.29) is 0 Å². The fourth-order valence-corrected chi connectivity index (χ4v) is 3.59. The van der Waals surface area contributed by atoms with Crippen molar-refractivity contribution in [3.05, 3.63) is 0 Å². The predicted octanol–water partition coefficient (Wildman–Crippen LogP) is 1.44. The van der Waals surface area contributed by atoms with Crippen LogP contribution < -0.4 is 4.72 Å². The molecule has 0 aromatic rings. The lowest BCUT2D eigenvalue weighted by atomic mass is 9.84. The summed E-state index contributed by atoms with van der Waals surface area (Å²) in [6.07, 6.45) is 6.31. The van der Waals surface area contributed by atoms with Gasteiger partial charge in [-0.15, -0.1) is 0 Å². The molecule has 0 amide bonds. The monoisotopic (exact) mass is 245 g/mol. The SMILES string of the molecule is O=C(O)CC1CCC(NS(=O)C2CC2)CC1. The van der Waals surface area contributed by atoms with E-state index in [1.807, 2.05) is 0 Å². The molecule has 1 unspecified atom stereocenters. The Morgan fingerprint density at radius 2 is 1.81 bits per heavy atom. The molecule has 0 aliphatic heterocycles. The Balaban J connectivity index is 1.68. The molecule has 2 N–H and O–H groups in total. The van der Waals surface area contributed by atoms with Crippen LogP contribution in [0.1, 0.15) is 44.9 Å². The minimum atomic E-state index is -0.846. The lowest BCUT2D eigenvalue weighted by Gasteiger charge is -2.27. The van der Waals surface area contributed by atoms with E-state index < -0.39 is 17.0 Å². The van der Waals surface area contributed by atoms with Gasteiger partial charge in [-0.3, -0.25) is 4.79 Å². The molecule has 0 heterocycles. The number of nitrogens with one attached hydrogen (secondary N) is 1. The molecule has 2 rings (SSSR count). The van der Waals surface area contributed by atoms with Crippen molar-refractivity contribution < 1.29 is 14.1 Å². The minimum Gasteiger partial charge on any atom is -0.481 e. The summed E-state index contributed by atoms with van der Waals surface area (Å²) in [5.41, 5.74) is 0. The maximum Gasteiger partial charge on any atom is 0.303 e. The van der Waals surface area contributed by atoms with Crippen molar-refractivity contribution >= 4 is 17.0 Å². The van der Waals surface area contributed by atoms with E-state index in [1.165, 1.54) is 0 Å². The van der Waals surface area contributed by atoms with Crippen LogP contribution in [0.2, 0.25) is 0 Å². The Labute approximate surface area is 98.4 Å². The molecule has 0 radical (unpaired) electrons. The van der Waals surface area contributed by atoms with Crippen LogP contribution in [-0.2, 0) is 15.8 Å². The van der Waals surface area contributed by atoms with Crippen molar-refractivity contribution in [2.45, 2.75) is 56.2 Å². The highest BCUT2D eigenvalue weighted by Gasteiger charge is 2.31. The molecule has 0 aromatic carbocycles. The van der Waals surface area contributed by atoms with Gasteiger partial charge in [0.1, 0.15) is 0 Å². The van der Waals surface area contributed by atoms with Gasteiger partial charge < -0.3 is 5.11 Å². The van der Waals surface area contributed by atoms with Crippen molar-refractivity contribution in [3.63, 3.8) is 0 Å². The zero-order chi connectivity index (χ0) is 11.5. The zero-order valence-corrected chi connectivity index (χ0v) is 10.2. The summed E-state index contributed by atoms with van der Waals surface area (Å²) < 4.78 is 14.8. The number of hydrogen-bond donors (Lipinski definition) is 2. The molecule has 2 saturated carbocycles. The largest absolute Gasteiger partial charge is 0.481 e. The molecule has 0 aromatic heterocycles. The number of carboxylic acids is 1. The molecule has 16 heavy (non-hydrogen) atoms. The maximum absolute atomic E-state index is 11.6. The van der Waals surface area contributed by atoms with Crippen LogP contribution in [0.3, 0.4) is 0 Å². The second kappa shape index (κ2) is 5.27. The summed E-state index contributed by atoms with van der Waals surface area (Å²) in [6, 6.07) is 0.339. The standard InChI is InChI=1S/C11H19NO3S/c13-11(14)7-8-1-3-9(4-2-8)12-16(15)10-5-6-10/h8-10,12H,1-7H2,(H,13,14). The van der Waals surface area contributed by atoms with Crippen molar-refractivity contribution in [2.75, 3.05) is 0 Å². The van der Waals surface area contributed by atoms with E-state index in [9.17, 15) is 9.00 Å². The maximum atomic E-state index is 11.6. The number of aliphatic carboxylic acids is 1. The first-order valence-corrected chi connectivity index (χ1v) is 7.25. The van der Waals surface area contributed by atoms with Gasteiger partial charge in [-0.05, 0) is 44.4 Å². The van der Waals surface area contributed by atoms with Crippen LogP contribution in [-0.4, -0.2) is 26.6 Å². The van der Waals surface area contributed by atoms with Crippen LogP contribution in [0.25, 0.3) is 0 Å². The number of hydrogen-bond acceptors (Lipinski definition) is 2. The summed E-state index contributed by atoms with van der Waals surface area (Å²) in [5.74, 6) is -0.372. The molecule has 0 spiro atoms. The highest BCUT2D eigenvalue weighted by molar-refractivity contribution is 7.84. The second-order valence-electron chi connectivity index (χ2n) is 4.93. The Bertz CT molecular complexity index is 283. The lowest BCUT2D eigenvalue weighted by molar-refractivity contribution is -0.138. The van der Waals surface area contributed by atoms with Crippen molar-refractivity contribution in [3.8, 4) is 0 Å². The Morgan fingerprint density at radius 3 is 2.31 bits per heavy atom. The summed E-state index contributed by atoms with van der Waals surface area (Å²) in [6.45, 7) is 0. The fourth-order valence-electron chi connectivity index (χ4n) is 2.27.